The van der Waals surface area contributed by atoms with Gasteiger partial charge < -0.3 is 19.4 Å². The second kappa shape index (κ2) is 6.95. The number of benzene rings is 1. The fourth-order valence-electron chi connectivity index (χ4n) is 4.38. The van der Waals surface area contributed by atoms with E-state index in [1.807, 2.05) is 53.4 Å². The number of ether oxygens (including phenoxy) is 2. The number of carbonyl (C=O) groups excluding carboxylic acids is 1. The summed E-state index contributed by atoms with van der Waals surface area (Å²) in [7, 11) is 0. The third-order valence-electron chi connectivity index (χ3n) is 5.92. The predicted octanol–water partition coefficient (Wildman–Crippen LogP) is 3.26. The lowest BCUT2D eigenvalue weighted by Crippen LogP contribution is -2.66. The van der Waals surface area contributed by atoms with Crippen LogP contribution in [-0.2, 0) is 4.74 Å². The molecule has 2 aliphatic heterocycles. The molecule has 0 aliphatic carbocycles. The van der Waals surface area contributed by atoms with E-state index < -0.39 is 0 Å². The van der Waals surface area contributed by atoms with Crippen LogP contribution in [0.25, 0.3) is 10.9 Å². The lowest BCUT2D eigenvalue weighted by molar-refractivity contribution is -0.119. The standard InChI is InChI=1S/C22H23N3O3/c26-21(19-13-16-5-1-2-6-18(16)24-19)25-14-22(15-25)17(9-12-28-22)8-11-27-20-7-3-4-10-23-20/h1-7,10,13,17,24H,8-9,11-12,14-15H2. The number of para-hydroxylation sites is 1. The Kier molecular flexibility index (Phi) is 4.28. The zero-order chi connectivity index (χ0) is 19.0. The quantitative estimate of drug-likeness (QED) is 0.741. The Morgan fingerprint density at radius 2 is 2.11 bits per heavy atom. The van der Waals surface area contributed by atoms with Crippen molar-refractivity contribution in [2.24, 2.45) is 5.92 Å². The van der Waals surface area contributed by atoms with E-state index in [4.69, 9.17) is 9.47 Å². The molecule has 2 aromatic heterocycles. The van der Waals surface area contributed by atoms with Gasteiger partial charge in [-0.05, 0) is 37.0 Å². The molecule has 1 unspecified atom stereocenters. The predicted molar refractivity (Wildman–Crippen MR) is 105 cm³/mol. The number of fused-ring (bicyclic) bond motifs is 1. The Morgan fingerprint density at radius 3 is 2.93 bits per heavy atom. The molecule has 5 rings (SSSR count). The van der Waals surface area contributed by atoms with Crippen molar-refractivity contribution >= 4 is 16.8 Å². The van der Waals surface area contributed by atoms with Crippen molar-refractivity contribution in [3.8, 4) is 5.88 Å². The zero-order valence-corrected chi connectivity index (χ0v) is 15.6. The molecule has 1 N–H and O–H groups in total. The normalized spacial score (nSPS) is 20.4. The first-order valence-electron chi connectivity index (χ1n) is 9.78. The van der Waals surface area contributed by atoms with Crippen LogP contribution in [-0.4, -0.2) is 52.7 Å². The number of aromatic nitrogens is 2. The highest BCUT2D eigenvalue weighted by atomic mass is 16.5. The first-order valence-corrected chi connectivity index (χ1v) is 9.78. The van der Waals surface area contributed by atoms with Gasteiger partial charge in [0.05, 0.1) is 19.7 Å². The van der Waals surface area contributed by atoms with E-state index >= 15 is 0 Å². The van der Waals surface area contributed by atoms with Crippen molar-refractivity contribution in [3.05, 3.63) is 60.4 Å². The average Bonchev–Trinajstić information content (AvgIpc) is 3.31. The highest BCUT2D eigenvalue weighted by Crippen LogP contribution is 2.42. The van der Waals surface area contributed by atoms with Crippen LogP contribution in [0.4, 0.5) is 0 Å². The summed E-state index contributed by atoms with van der Waals surface area (Å²) < 4.78 is 11.8. The summed E-state index contributed by atoms with van der Waals surface area (Å²) >= 11 is 0. The van der Waals surface area contributed by atoms with Gasteiger partial charge in [-0.15, -0.1) is 0 Å². The maximum absolute atomic E-state index is 12.8. The molecule has 2 saturated heterocycles. The molecule has 1 aromatic carbocycles. The summed E-state index contributed by atoms with van der Waals surface area (Å²) in [6.45, 7) is 2.66. The van der Waals surface area contributed by atoms with Gasteiger partial charge in [0.15, 0.2) is 0 Å². The minimum Gasteiger partial charge on any atom is -0.478 e. The smallest absolute Gasteiger partial charge is 0.270 e. The molecule has 144 valence electrons. The van der Waals surface area contributed by atoms with Crippen molar-refractivity contribution in [1.82, 2.24) is 14.9 Å². The van der Waals surface area contributed by atoms with Crippen molar-refractivity contribution in [2.75, 3.05) is 26.3 Å². The minimum atomic E-state index is -0.213. The molecule has 2 aliphatic rings. The van der Waals surface area contributed by atoms with Gasteiger partial charge in [-0.1, -0.05) is 24.3 Å². The van der Waals surface area contributed by atoms with Crippen LogP contribution >= 0.6 is 0 Å². The molecule has 6 nitrogen and oxygen atoms in total. The number of pyridine rings is 1. The number of carbonyl (C=O) groups is 1. The second-order valence-corrected chi connectivity index (χ2v) is 7.64. The van der Waals surface area contributed by atoms with Crippen molar-refractivity contribution in [2.45, 2.75) is 18.4 Å². The number of hydrogen-bond acceptors (Lipinski definition) is 4. The van der Waals surface area contributed by atoms with Gasteiger partial charge in [-0.3, -0.25) is 4.79 Å². The molecule has 0 bridgehead atoms. The van der Waals surface area contributed by atoms with E-state index in [2.05, 4.69) is 9.97 Å². The SMILES string of the molecule is O=C(c1cc2ccccc2[nH]1)N1CC2(C1)OCCC2CCOc1ccccn1. The van der Waals surface area contributed by atoms with Crippen LogP contribution in [0.15, 0.2) is 54.7 Å². The monoisotopic (exact) mass is 377 g/mol. The molecular formula is C22H23N3O3. The summed E-state index contributed by atoms with van der Waals surface area (Å²) in [6.07, 6.45) is 3.65. The largest absolute Gasteiger partial charge is 0.478 e. The van der Waals surface area contributed by atoms with Gasteiger partial charge in [-0.2, -0.15) is 0 Å². The molecule has 1 amide bonds. The molecule has 0 saturated carbocycles. The van der Waals surface area contributed by atoms with Gasteiger partial charge in [-0.25, -0.2) is 4.98 Å². The molecule has 3 aromatic rings. The average molecular weight is 377 g/mol. The van der Waals surface area contributed by atoms with E-state index in [0.29, 0.717) is 37.2 Å². The van der Waals surface area contributed by atoms with Crippen molar-refractivity contribution < 1.29 is 14.3 Å². The Morgan fingerprint density at radius 1 is 1.25 bits per heavy atom. The van der Waals surface area contributed by atoms with Crippen LogP contribution in [0.5, 0.6) is 5.88 Å². The number of rotatable bonds is 5. The maximum atomic E-state index is 12.8. The fraction of sp³-hybridized carbons (Fsp3) is 0.364. The van der Waals surface area contributed by atoms with Gasteiger partial charge in [0.1, 0.15) is 11.3 Å². The number of nitrogens with one attached hydrogen (secondary N) is 1. The molecule has 4 heterocycles. The van der Waals surface area contributed by atoms with E-state index in [1.54, 1.807) is 6.20 Å². The molecule has 28 heavy (non-hydrogen) atoms. The molecule has 6 heteroatoms. The Hall–Kier alpha value is -2.86. The highest BCUT2D eigenvalue weighted by molar-refractivity contribution is 5.98. The number of nitrogens with zero attached hydrogens (tertiary/aromatic N) is 2. The lowest BCUT2D eigenvalue weighted by Gasteiger charge is -2.50. The molecule has 1 spiro atoms. The summed E-state index contributed by atoms with van der Waals surface area (Å²) in [5.41, 5.74) is 1.42. The van der Waals surface area contributed by atoms with E-state index in [1.165, 1.54) is 0 Å². The van der Waals surface area contributed by atoms with Crippen molar-refractivity contribution in [3.63, 3.8) is 0 Å². The third-order valence-corrected chi connectivity index (χ3v) is 5.92. The fourth-order valence-corrected chi connectivity index (χ4v) is 4.38. The number of H-pyrrole nitrogens is 1. The molecule has 2 fully saturated rings. The topological polar surface area (TPSA) is 67.5 Å². The Labute approximate surface area is 163 Å². The zero-order valence-electron chi connectivity index (χ0n) is 15.6. The molecular weight excluding hydrogens is 354 g/mol. The van der Waals surface area contributed by atoms with E-state index in [0.717, 1.165) is 30.4 Å². The van der Waals surface area contributed by atoms with Crippen LogP contribution in [0.1, 0.15) is 23.3 Å². The van der Waals surface area contributed by atoms with Gasteiger partial charge in [0.2, 0.25) is 5.88 Å². The summed E-state index contributed by atoms with van der Waals surface area (Å²) in [4.78, 5) is 22.1. The van der Waals surface area contributed by atoms with Crippen LogP contribution < -0.4 is 4.74 Å². The third kappa shape index (κ3) is 3.03. The first-order chi connectivity index (χ1) is 13.7. The minimum absolute atomic E-state index is 0.0424. The Bertz CT molecular complexity index is 946. The molecule has 1 atom stereocenters. The highest BCUT2D eigenvalue weighted by Gasteiger charge is 2.54. The van der Waals surface area contributed by atoms with Crippen LogP contribution in [0.3, 0.4) is 0 Å². The Balaban J connectivity index is 1.19. The number of amides is 1. The van der Waals surface area contributed by atoms with Crippen LogP contribution in [0, 0.1) is 5.92 Å². The van der Waals surface area contributed by atoms with Gasteiger partial charge in [0.25, 0.3) is 5.91 Å². The lowest BCUT2D eigenvalue weighted by atomic mass is 9.79. The van der Waals surface area contributed by atoms with Crippen LogP contribution in [0.2, 0.25) is 0 Å². The molecule has 0 radical (unpaired) electrons. The summed E-state index contributed by atoms with van der Waals surface area (Å²) in [5, 5.41) is 1.06. The maximum Gasteiger partial charge on any atom is 0.270 e. The van der Waals surface area contributed by atoms with E-state index in [-0.39, 0.29) is 11.5 Å². The number of likely N-dealkylation sites (tertiary alicyclic amines) is 1. The van der Waals surface area contributed by atoms with Gasteiger partial charge in [0, 0.05) is 29.8 Å². The number of hydrogen-bond donors (Lipinski definition) is 1. The summed E-state index contributed by atoms with van der Waals surface area (Å²) in [6, 6.07) is 15.5. The number of aromatic amines is 1. The van der Waals surface area contributed by atoms with Crippen molar-refractivity contribution in [1.29, 1.82) is 0 Å². The summed E-state index contributed by atoms with van der Waals surface area (Å²) in [5.74, 6) is 1.10. The first kappa shape index (κ1) is 17.3. The van der Waals surface area contributed by atoms with Gasteiger partial charge >= 0.3 is 0 Å². The second-order valence-electron chi connectivity index (χ2n) is 7.64. The van der Waals surface area contributed by atoms with E-state index in [9.17, 15) is 4.79 Å².